The summed E-state index contributed by atoms with van der Waals surface area (Å²) >= 11 is 6.17. The fraction of sp³-hybridized carbons (Fsp3) is 0.190. The van der Waals surface area contributed by atoms with E-state index in [2.05, 4.69) is 5.32 Å². The normalized spacial score (nSPS) is 12.8. The van der Waals surface area contributed by atoms with E-state index < -0.39 is 0 Å². The van der Waals surface area contributed by atoms with Crippen molar-refractivity contribution in [3.05, 3.63) is 69.9 Å². The van der Waals surface area contributed by atoms with Gasteiger partial charge in [0.05, 0.1) is 11.1 Å². The summed E-state index contributed by atoms with van der Waals surface area (Å²) in [7, 11) is 0. The third kappa shape index (κ3) is 2.97. The van der Waals surface area contributed by atoms with Crippen LogP contribution in [0.25, 0.3) is 10.9 Å². The van der Waals surface area contributed by atoms with Gasteiger partial charge in [-0.2, -0.15) is 0 Å². The number of benzene rings is 2. The van der Waals surface area contributed by atoms with Crippen LogP contribution >= 0.6 is 11.6 Å². The van der Waals surface area contributed by atoms with Crippen molar-refractivity contribution in [2.75, 3.05) is 5.32 Å². The summed E-state index contributed by atoms with van der Waals surface area (Å²) in [4.78, 5) is 29.4. The molecule has 0 bridgehead atoms. The number of hydrogen-bond acceptors (Lipinski definition) is 3. The summed E-state index contributed by atoms with van der Waals surface area (Å²) in [5.41, 5.74) is 4.57. The highest BCUT2D eigenvalue weighted by Gasteiger charge is 2.24. The third-order valence-corrected chi connectivity index (χ3v) is 4.96. The quantitative estimate of drug-likeness (QED) is 0.677. The Bertz CT molecular complexity index is 1060. The van der Waals surface area contributed by atoms with E-state index in [0.29, 0.717) is 21.8 Å². The first-order chi connectivity index (χ1) is 12.5. The highest BCUT2D eigenvalue weighted by Crippen LogP contribution is 2.32. The summed E-state index contributed by atoms with van der Waals surface area (Å²) in [6.45, 7) is 1.51. The fourth-order valence-corrected chi connectivity index (χ4v) is 3.68. The summed E-state index contributed by atoms with van der Waals surface area (Å²) < 4.78 is 0. The van der Waals surface area contributed by atoms with Gasteiger partial charge in [0.25, 0.3) is 5.91 Å². The molecule has 26 heavy (non-hydrogen) atoms. The van der Waals surface area contributed by atoms with Gasteiger partial charge in [-0.1, -0.05) is 23.7 Å². The Hall–Kier alpha value is -2.72. The highest BCUT2D eigenvalue weighted by molar-refractivity contribution is 6.31. The van der Waals surface area contributed by atoms with Gasteiger partial charge in [0.1, 0.15) is 0 Å². The predicted octanol–water partition coefficient (Wildman–Crippen LogP) is 4.83. The van der Waals surface area contributed by atoms with E-state index in [4.69, 9.17) is 16.6 Å². The van der Waals surface area contributed by atoms with E-state index in [-0.39, 0.29) is 11.7 Å². The summed E-state index contributed by atoms with van der Waals surface area (Å²) in [6, 6.07) is 12.4. The SMILES string of the molecule is CC(=O)c1cccc(NC(=O)c2c3c(nc4ccc(Cl)cc24)CCC3)c1. The summed E-state index contributed by atoms with van der Waals surface area (Å²) in [5, 5.41) is 4.27. The molecule has 0 unspecified atom stereocenters. The van der Waals surface area contributed by atoms with Crippen molar-refractivity contribution in [3.8, 4) is 0 Å². The number of carbonyl (C=O) groups excluding carboxylic acids is 2. The Morgan fingerprint density at radius 3 is 2.77 bits per heavy atom. The molecule has 1 aliphatic carbocycles. The number of fused-ring (bicyclic) bond motifs is 2. The number of pyridine rings is 1. The maximum Gasteiger partial charge on any atom is 0.256 e. The Labute approximate surface area is 156 Å². The van der Waals surface area contributed by atoms with Gasteiger partial charge >= 0.3 is 0 Å². The average Bonchev–Trinajstić information content (AvgIpc) is 3.07. The van der Waals surface area contributed by atoms with Crippen LogP contribution in [-0.2, 0) is 12.8 Å². The zero-order valence-electron chi connectivity index (χ0n) is 14.3. The zero-order chi connectivity index (χ0) is 18.3. The van der Waals surface area contributed by atoms with Gasteiger partial charge in [0.2, 0.25) is 0 Å². The maximum absolute atomic E-state index is 13.1. The minimum absolute atomic E-state index is 0.0388. The first-order valence-electron chi connectivity index (χ1n) is 8.56. The minimum atomic E-state index is -0.196. The molecule has 0 aliphatic heterocycles. The molecule has 4 rings (SSSR count). The van der Waals surface area contributed by atoms with Crippen LogP contribution in [0.3, 0.4) is 0 Å². The van der Waals surface area contributed by atoms with Crippen molar-refractivity contribution >= 4 is 39.9 Å². The van der Waals surface area contributed by atoms with Crippen LogP contribution in [-0.4, -0.2) is 16.7 Å². The Morgan fingerprint density at radius 2 is 1.96 bits per heavy atom. The first-order valence-corrected chi connectivity index (χ1v) is 8.94. The molecule has 2 aromatic carbocycles. The molecule has 0 radical (unpaired) electrons. The molecule has 4 nitrogen and oxygen atoms in total. The Morgan fingerprint density at radius 1 is 1.12 bits per heavy atom. The molecule has 1 aliphatic rings. The van der Waals surface area contributed by atoms with Gasteiger partial charge in [0, 0.05) is 27.4 Å². The molecular weight excluding hydrogens is 348 g/mol. The first kappa shape index (κ1) is 16.7. The number of amides is 1. The van der Waals surface area contributed by atoms with Crippen molar-refractivity contribution in [2.24, 2.45) is 0 Å². The van der Waals surface area contributed by atoms with Crippen LogP contribution in [0.5, 0.6) is 0 Å². The number of halogens is 1. The van der Waals surface area contributed by atoms with E-state index in [1.54, 1.807) is 36.4 Å². The topological polar surface area (TPSA) is 59.1 Å². The Kier molecular flexibility index (Phi) is 4.21. The molecule has 3 aromatic rings. The van der Waals surface area contributed by atoms with E-state index in [1.807, 2.05) is 6.07 Å². The van der Waals surface area contributed by atoms with Gasteiger partial charge in [0.15, 0.2) is 5.78 Å². The van der Waals surface area contributed by atoms with Crippen molar-refractivity contribution in [2.45, 2.75) is 26.2 Å². The number of rotatable bonds is 3. The number of aryl methyl sites for hydroxylation is 1. The Balaban J connectivity index is 1.81. The molecule has 5 heteroatoms. The lowest BCUT2D eigenvalue weighted by molar-refractivity contribution is 0.101. The second kappa shape index (κ2) is 6.54. The lowest BCUT2D eigenvalue weighted by Gasteiger charge is -2.13. The standard InChI is InChI=1S/C21H17ClN2O2/c1-12(25)13-4-2-5-15(10-13)23-21(26)20-16-6-3-7-18(16)24-19-9-8-14(22)11-17(19)20/h2,4-5,8-11H,3,6-7H2,1H3,(H,23,26). The monoisotopic (exact) mass is 364 g/mol. The van der Waals surface area contributed by atoms with Crippen LogP contribution in [0.4, 0.5) is 5.69 Å². The van der Waals surface area contributed by atoms with Crippen LogP contribution in [0.1, 0.15) is 45.3 Å². The summed E-state index contributed by atoms with van der Waals surface area (Å²) in [6.07, 6.45) is 2.71. The number of aromatic nitrogens is 1. The smallest absolute Gasteiger partial charge is 0.256 e. The number of nitrogens with one attached hydrogen (secondary N) is 1. The molecule has 0 atom stereocenters. The van der Waals surface area contributed by atoms with Crippen molar-refractivity contribution in [1.82, 2.24) is 4.98 Å². The molecule has 0 saturated carbocycles. The molecule has 0 fully saturated rings. The molecular formula is C21H17ClN2O2. The second-order valence-electron chi connectivity index (χ2n) is 6.52. The maximum atomic E-state index is 13.1. The van der Waals surface area contributed by atoms with E-state index in [9.17, 15) is 9.59 Å². The van der Waals surface area contributed by atoms with Gasteiger partial charge in [-0.15, -0.1) is 0 Å². The molecule has 0 saturated heterocycles. The van der Waals surface area contributed by atoms with E-state index >= 15 is 0 Å². The minimum Gasteiger partial charge on any atom is -0.322 e. The molecule has 1 heterocycles. The van der Waals surface area contributed by atoms with Crippen LogP contribution in [0.15, 0.2) is 42.5 Å². The van der Waals surface area contributed by atoms with Crippen molar-refractivity contribution < 1.29 is 9.59 Å². The number of ketones is 1. The lowest BCUT2D eigenvalue weighted by atomic mass is 10.0. The molecule has 1 aromatic heterocycles. The van der Waals surface area contributed by atoms with E-state index in [0.717, 1.165) is 41.4 Å². The van der Waals surface area contributed by atoms with Crippen molar-refractivity contribution in [1.29, 1.82) is 0 Å². The van der Waals surface area contributed by atoms with Gasteiger partial charge in [-0.05, 0) is 62.1 Å². The molecule has 1 amide bonds. The van der Waals surface area contributed by atoms with Gasteiger partial charge in [-0.3, -0.25) is 14.6 Å². The number of nitrogens with zero attached hydrogens (tertiary/aromatic N) is 1. The molecule has 0 spiro atoms. The van der Waals surface area contributed by atoms with Crippen LogP contribution in [0.2, 0.25) is 5.02 Å². The van der Waals surface area contributed by atoms with E-state index in [1.165, 1.54) is 6.92 Å². The number of anilines is 1. The summed E-state index contributed by atoms with van der Waals surface area (Å²) in [5.74, 6) is -0.235. The van der Waals surface area contributed by atoms with Crippen molar-refractivity contribution in [3.63, 3.8) is 0 Å². The lowest BCUT2D eigenvalue weighted by Crippen LogP contribution is -2.16. The van der Waals surface area contributed by atoms with Crippen LogP contribution < -0.4 is 5.32 Å². The average molecular weight is 365 g/mol. The molecule has 130 valence electrons. The van der Waals surface area contributed by atoms with Gasteiger partial charge < -0.3 is 5.32 Å². The third-order valence-electron chi connectivity index (χ3n) is 4.73. The molecule has 1 N–H and O–H groups in total. The van der Waals surface area contributed by atoms with Crippen LogP contribution in [0, 0.1) is 0 Å². The zero-order valence-corrected chi connectivity index (χ0v) is 15.1. The fourth-order valence-electron chi connectivity index (χ4n) is 3.50. The number of hydrogen-bond donors (Lipinski definition) is 1. The predicted molar refractivity (Wildman–Crippen MR) is 103 cm³/mol. The van der Waals surface area contributed by atoms with Gasteiger partial charge in [-0.25, -0.2) is 0 Å². The largest absolute Gasteiger partial charge is 0.322 e. The number of carbonyl (C=O) groups is 2. The highest BCUT2D eigenvalue weighted by atomic mass is 35.5. The second-order valence-corrected chi connectivity index (χ2v) is 6.95. The number of Topliss-reactive ketones (excluding diaryl/α,β-unsaturated/α-hetero) is 1.